The summed E-state index contributed by atoms with van der Waals surface area (Å²) < 4.78 is 0. The molecule has 5 aliphatic rings. The van der Waals surface area contributed by atoms with Gasteiger partial charge < -0.3 is 5.73 Å². The van der Waals surface area contributed by atoms with Crippen LogP contribution < -0.4 is 5.73 Å². The maximum absolute atomic E-state index is 6.87. The highest BCUT2D eigenvalue weighted by molar-refractivity contribution is 5.06. The van der Waals surface area contributed by atoms with E-state index in [1.165, 1.54) is 77.3 Å². The van der Waals surface area contributed by atoms with Crippen LogP contribution in [0.2, 0.25) is 0 Å². The van der Waals surface area contributed by atoms with Crippen LogP contribution >= 0.6 is 0 Å². The summed E-state index contributed by atoms with van der Waals surface area (Å²) in [6.07, 6.45) is 14.5. The molecule has 2 heteroatoms. The summed E-state index contributed by atoms with van der Waals surface area (Å²) in [7, 11) is 0. The minimum Gasteiger partial charge on any atom is -0.326 e. The molecule has 21 heavy (non-hydrogen) atoms. The monoisotopic (exact) mass is 290 g/mol. The zero-order valence-electron chi connectivity index (χ0n) is 13.9. The van der Waals surface area contributed by atoms with Gasteiger partial charge in [0.2, 0.25) is 0 Å². The highest BCUT2D eigenvalue weighted by atomic mass is 15.2. The molecule has 0 saturated heterocycles. The van der Waals surface area contributed by atoms with Crippen LogP contribution in [-0.2, 0) is 0 Å². The molecule has 0 spiro atoms. The summed E-state index contributed by atoms with van der Waals surface area (Å²) in [5.41, 5.74) is 7.41. The summed E-state index contributed by atoms with van der Waals surface area (Å²) in [6.45, 7) is 4.79. The van der Waals surface area contributed by atoms with Crippen LogP contribution in [-0.4, -0.2) is 30.1 Å². The molecular weight excluding hydrogens is 256 g/mol. The van der Waals surface area contributed by atoms with Gasteiger partial charge in [-0.15, -0.1) is 0 Å². The molecule has 2 nitrogen and oxygen atoms in total. The predicted molar refractivity (Wildman–Crippen MR) is 88.1 cm³/mol. The lowest BCUT2D eigenvalue weighted by molar-refractivity contribution is -0.0718. The summed E-state index contributed by atoms with van der Waals surface area (Å²) in [6, 6.07) is 1.33. The van der Waals surface area contributed by atoms with Gasteiger partial charge in [-0.05, 0) is 87.5 Å². The van der Waals surface area contributed by atoms with Gasteiger partial charge >= 0.3 is 0 Å². The zero-order valence-corrected chi connectivity index (χ0v) is 13.9. The minimum absolute atomic E-state index is 0.448. The Balaban J connectivity index is 1.42. The van der Waals surface area contributed by atoms with E-state index < -0.39 is 0 Å². The van der Waals surface area contributed by atoms with Gasteiger partial charge in [-0.2, -0.15) is 0 Å². The van der Waals surface area contributed by atoms with E-state index in [0.717, 1.165) is 23.8 Å². The summed E-state index contributed by atoms with van der Waals surface area (Å²) in [5, 5.41) is 0. The fourth-order valence-electron chi connectivity index (χ4n) is 6.30. The molecule has 0 amide bonds. The van der Waals surface area contributed by atoms with Crippen molar-refractivity contribution in [1.82, 2.24) is 4.90 Å². The molecule has 5 fully saturated rings. The van der Waals surface area contributed by atoms with Crippen LogP contribution in [0, 0.1) is 23.2 Å². The Bertz CT molecular complexity index is 338. The number of unbranched alkanes of at least 4 members (excludes halogenated alkanes) is 1. The normalized spacial score (nSPS) is 42.7. The lowest BCUT2D eigenvalue weighted by Gasteiger charge is -2.59. The van der Waals surface area contributed by atoms with Crippen LogP contribution in [0.1, 0.15) is 71.1 Å². The smallest absolute Gasteiger partial charge is 0.0225 e. The molecule has 0 aromatic heterocycles. The van der Waals surface area contributed by atoms with Crippen LogP contribution in [0.3, 0.4) is 0 Å². The Morgan fingerprint density at radius 1 is 1.05 bits per heavy atom. The lowest BCUT2D eigenvalue weighted by atomic mass is 9.48. The number of hydrogen-bond acceptors (Lipinski definition) is 2. The summed E-state index contributed by atoms with van der Waals surface area (Å²) >= 11 is 0. The quantitative estimate of drug-likeness (QED) is 0.773. The average molecular weight is 290 g/mol. The highest BCUT2D eigenvalue weighted by Crippen LogP contribution is 2.61. The molecule has 0 radical (unpaired) electrons. The van der Waals surface area contributed by atoms with Gasteiger partial charge in [0.1, 0.15) is 0 Å². The Morgan fingerprint density at radius 3 is 2.10 bits per heavy atom. The van der Waals surface area contributed by atoms with Gasteiger partial charge in [-0.25, -0.2) is 0 Å². The molecule has 0 aromatic carbocycles. The van der Waals surface area contributed by atoms with E-state index in [2.05, 4.69) is 11.8 Å². The number of rotatable bonds is 7. The van der Waals surface area contributed by atoms with Crippen LogP contribution in [0.25, 0.3) is 0 Å². The van der Waals surface area contributed by atoms with Crippen LogP contribution in [0.5, 0.6) is 0 Å². The van der Waals surface area contributed by atoms with Gasteiger partial charge in [0, 0.05) is 18.6 Å². The third-order valence-electron chi connectivity index (χ3n) is 7.17. The average Bonchev–Trinajstić information content (AvgIpc) is 3.26. The second-order valence-electron chi connectivity index (χ2n) is 8.97. The van der Waals surface area contributed by atoms with Crippen molar-refractivity contribution in [3.05, 3.63) is 0 Å². The van der Waals surface area contributed by atoms with Gasteiger partial charge in [0.05, 0.1) is 0 Å². The van der Waals surface area contributed by atoms with E-state index in [4.69, 9.17) is 5.73 Å². The summed E-state index contributed by atoms with van der Waals surface area (Å²) in [5.74, 6) is 3.10. The van der Waals surface area contributed by atoms with Crippen molar-refractivity contribution in [2.24, 2.45) is 28.9 Å². The van der Waals surface area contributed by atoms with Gasteiger partial charge in [-0.3, -0.25) is 4.90 Å². The topological polar surface area (TPSA) is 29.3 Å². The summed E-state index contributed by atoms with van der Waals surface area (Å²) in [4.78, 5) is 2.76. The predicted octanol–water partition coefficient (Wildman–Crippen LogP) is 3.79. The molecule has 0 aromatic rings. The van der Waals surface area contributed by atoms with E-state index in [1.807, 2.05) is 0 Å². The molecule has 120 valence electrons. The van der Waals surface area contributed by atoms with Crippen LogP contribution in [0.4, 0.5) is 0 Å². The SMILES string of the molecule is CCCCN(CC(N)C12CC3CC(CC(C3)C1)C2)C1CC1. The first-order valence-electron chi connectivity index (χ1n) is 9.68. The van der Waals surface area contributed by atoms with Gasteiger partial charge in [0.15, 0.2) is 0 Å². The second kappa shape index (κ2) is 5.53. The first kappa shape index (κ1) is 14.5. The molecule has 5 aliphatic carbocycles. The molecule has 1 atom stereocenters. The molecule has 2 N–H and O–H groups in total. The minimum atomic E-state index is 0.448. The van der Waals surface area contributed by atoms with E-state index in [-0.39, 0.29) is 0 Å². The van der Waals surface area contributed by atoms with Crippen molar-refractivity contribution < 1.29 is 0 Å². The number of hydrogen-bond donors (Lipinski definition) is 1. The highest BCUT2D eigenvalue weighted by Gasteiger charge is 2.53. The third kappa shape index (κ3) is 2.79. The Labute approximate surface area is 130 Å². The Morgan fingerprint density at radius 2 is 1.62 bits per heavy atom. The van der Waals surface area contributed by atoms with Gasteiger partial charge in [0.25, 0.3) is 0 Å². The second-order valence-corrected chi connectivity index (χ2v) is 8.97. The van der Waals surface area contributed by atoms with Crippen molar-refractivity contribution in [1.29, 1.82) is 0 Å². The largest absolute Gasteiger partial charge is 0.326 e. The van der Waals surface area contributed by atoms with E-state index in [9.17, 15) is 0 Å². The maximum Gasteiger partial charge on any atom is 0.0225 e. The van der Waals surface area contributed by atoms with Gasteiger partial charge in [-0.1, -0.05) is 13.3 Å². The van der Waals surface area contributed by atoms with Crippen LogP contribution in [0.15, 0.2) is 0 Å². The molecule has 1 unspecified atom stereocenters. The molecule has 0 heterocycles. The first-order chi connectivity index (χ1) is 10.2. The lowest BCUT2D eigenvalue weighted by Crippen LogP contribution is -2.58. The van der Waals surface area contributed by atoms with E-state index in [0.29, 0.717) is 11.5 Å². The molecular formula is C19H34N2. The molecule has 5 saturated carbocycles. The molecule has 5 rings (SSSR count). The van der Waals surface area contributed by atoms with Crippen molar-refractivity contribution in [3.63, 3.8) is 0 Å². The number of nitrogens with two attached hydrogens (primary N) is 1. The number of nitrogens with zero attached hydrogens (tertiary/aromatic N) is 1. The van der Waals surface area contributed by atoms with Crippen molar-refractivity contribution in [3.8, 4) is 0 Å². The van der Waals surface area contributed by atoms with Crippen molar-refractivity contribution >= 4 is 0 Å². The molecule has 4 bridgehead atoms. The first-order valence-corrected chi connectivity index (χ1v) is 9.68. The Kier molecular flexibility index (Phi) is 3.82. The fraction of sp³-hybridized carbons (Fsp3) is 1.00. The van der Waals surface area contributed by atoms with Crippen molar-refractivity contribution in [2.75, 3.05) is 13.1 Å². The fourth-order valence-corrected chi connectivity index (χ4v) is 6.30. The third-order valence-corrected chi connectivity index (χ3v) is 7.17. The standard InChI is InChI=1S/C19H34N2/c1-2-3-6-21(17-4-5-17)13-18(20)19-10-14-7-15(11-19)9-16(8-14)12-19/h14-18H,2-13,20H2,1H3. The van der Waals surface area contributed by atoms with E-state index >= 15 is 0 Å². The Hall–Kier alpha value is -0.0800. The molecule has 0 aliphatic heterocycles. The van der Waals surface area contributed by atoms with Crippen molar-refractivity contribution in [2.45, 2.75) is 83.2 Å². The van der Waals surface area contributed by atoms with E-state index in [1.54, 1.807) is 0 Å². The maximum atomic E-state index is 6.87. The zero-order chi connectivity index (χ0) is 14.4.